The Hall–Kier alpha value is -4.09. The quantitative estimate of drug-likeness (QED) is 0.347. The van der Waals surface area contributed by atoms with Crippen molar-refractivity contribution < 1.29 is 19.1 Å². The van der Waals surface area contributed by atoms with E-state index in [2.05, 4.69) is 20.5 Å². The Morgan fingerprint density at radius 3 is 2.72 bits per heavy atom. The number of nitrogens with zero attached hydrogens (tertiary/aromatic N) is 3. The van der Waals surface area contributed by atoms with Gasteiger partial charge in [-0.25, -0.2) is 5.10 Å². The zero-order valence-corrected chi connectivity index (χ0v) is 22.5. The third-order valence-corrected chi connectivity index (χ3v) is 7.64. The lowest BCUT2D eigenvalue weighted by Gasteiger charge is -2.37. The van der Waals surface area contributed by atoms with Crippen LogP contribution in [0.15, 0.2) is 59.4 Å². The van der Waals surface area contributed by atoms with E-state index in [9.17, 15) is 14.4 Å². The zero-order valence-electron chi connectivity index (χ0n) is 21.7. The lowest BCUT2D eigenvalue weighted by Crippen LogP contribution is -2.52. The van der Waals surface area contributed by atoms with Crippen LogP contribution in [-0.2, 0) is 16.1 Å². The van der Waals surface area contributed by atoms with Gasteiger partial charge in [-0.2, -0.15) is 5.10 Å². The summed E-state index contributed by atoms with van der Waals surface area (Å²) in [5, 5.41) is 11.3. The van der Waals surface area contributed by atoms with Gasteiger partial charge in [-0.3, -0.25) is 19.4 Å². The summed E-state index contributed by atoms with van der Waals surface area (Å²) in [6, 6.07) is 16.7. The molecule has 0 saturated carbocycles. The number of aryl methyl sites for hydroxylation is 1. The summed E-state index contributed by atoms with van der Waals surface area (Å²) in [5.74, 6) is -0.0459. The van der Waals surface area contributed by atoms with E-state index in [4.69, 9.17) is 9.47 Å². The molecular formula is C28H29N5O5S. The Labute approximate surface area is 229 Å². The van der Waals surface area contributed by atoms with Gasteiger partial charge in [0.05, 0.1) is 11.4 Å². The number of carbonyl (C=O) groups is 2. The van der Waals surface area contributed by atoms with Gasteiger partial charge in [-0.05, 0) is 49.7 Å². The molecule has 3 heterocycles. The fraction of sp³-hybridized carbons (Fsp3) is 0.321. The van der Waals surface area contributed by atoms with Crippen LogP contribution in [0.4, 0.5) is 0 Å². The number of carbonyl (C=O) groups excluding carboxylic acids is 2. The third-order valence-electron chi connectivity index (χ3n) is 6.76. The highest BCUT2D eigenvalue weighted by Gasteiger charge is 2.35. The molecule has 1 saturated heterocycles. The zero-order chi connectivity index (χ0) is 27.4. The molecule has 202 valence electrons. The summed E-state index contributed by atoms with van der Waals surface area (Å²) in [6.45, 7) is 3.13. The van der Waals surface area contributed by atoms with E-state index in [-0.39, 0.29) is 35.3 Å². The number of ether oxygens (including phenoxy) is 2. The number of hydrogen-bond donors (Lipinski definition) is 2. The number of pyridine rings is 1. The Bertz CT molecular complexity index is 1530. The molecule has 11 heteroatoms. The number of piperidine rings is 1. The Morgan fingerprint density at radius 2 is 1.97 bits per heavy atom. The molecule has 10 nitrogen and oxygen atoms in total. The van der Waals surface area contributed by atoms with Crippen molar-refractivity contribution in [3.8, 4) is 5.75 Å². The number of fused-ring (bicyclic) bond motifs is 1. The van der Waals surface area contributed by atoms with E-state index in [0.717, 1.165) is 33.5 Å². The van der Waals surface area contributed by atoms with E-state index in [1.54, 1.807) is 29.2 Å². The molecule has 0 spiro atoms. The SMILES string of the molecule is COCC(=O)N1CC[C@@H](NC(=O)c2ccc(OCc3cc(C)nc4ccccc34)cc2)[C@@H](c2n[nH]c(=O)s2)C1. The minimum Gasteiger partial charge on any atom is -0.489 e. The second-order valence-corrected chi connectivity index (χ2v) is 10.4. The second-order valence-electron chi connectivity index (χ2n) is 9.45. The van der Waals surface area contributed by atoms with Gasteiger partial charge in [0.2, 0.25) is 5.91 Å². The van der Waals surface area contributed by atoms with Crippen LogP contribution in [0.2, 0.25) is 0 Å². The number of aromatic amines is 1. The number of hydrogen-bond acceptors (Lipinski definition) is 8. The molecule has 2 aromatic heterocycles. The van der Waals surface area contributed by atoms with Crippen LogP contribution >= 0.6 is 11.3 Å². The van der Waals surface area contributed by atoms with Crippen molar-refractivity contribution in [3.63, 3.8) is 0 Å². The monoisotopic (exact) mass is 547 g/mol. The molecule has 1 aliphatic heterocycles. The number of para-hydroxylation sites is 1. The summed E-state index contributed by atoms with van der Waals surface area (Å²) in [6.07, 6.45) is 0.528. The first-order chi connectivity index (χ1) is 18.9. The van der Waals surface area contributed by atoms with Crippen LogP contribution in [-0.4, -0.2) is 64.7 Å². The highest BCUT2D eigenvalue weighted by molar-refractivity contribution is 7.08. The fourth-order valence-electron chi connectivity index (χ4n) is 4.85. The number of H-pyrrole nitrogens is 1. The minimum absolute atomic E-state index is 0.0219. The van der Waals surface area contributed by atoms with Gasteiger partial charge in [-0.1, -0.05) is 29.5 Å². The normalized spacial score (nSPS) is 17.2. The van der Waals surface area contributed by atoms with Gasteiger partial charge in [0.1, 0.15) is 24.0 Å². The number of nitrogens with one attached hydrogen (secondary N) is 2. The molecule has 0 aliphatic carbocycles. The molecule has 5 rings (SSSR count). The van der Waals surface area contributed by atoms with Crippen LogP contribution in [0.3, 0.4) is 0 Å². The van der Waals surface area contributed by atoms with E-state index in [0.29, 0.717) is 42.4 Å². The Balaban J connectivity index is 1.25. The first-order valence-corrected chi connectivity index (χ1v) is 13.4. The maximum Gasteiger partial charge on any atom is 0.322 e. The molecule has 39 heavy (non-hydrogen) atoms. The van der Waals surface area contributed by atoms with Crippen molar-refractivity contribution in [2.75, 3.05) is 26.8 Å². The molecule has 4 aromatic rings. The summed E-state index contributed by atoms with van der Waals surface area (Å²) in [5.41, 5.74) is 3.38. The van der Waals surface area contributed by atoms with E-state index >= 15 is 0 Å². The van der Waals surface area contributed by atoms with Crippen LogP contribution in [0.1, 0.15) is 39.0 Å². The number of aromatic nitrogens is 3. The van der Waals surface area contributed by atoms with Crippen molar-refractivity contribution in [3.05, 3.63) is 86.1 Å². The summed E-state index contributed by atoms with van der Waals surface area (Å²) >= 11 is 0.992. The maximum atomic E-state index is 13.1. The molecule has 1 aliphatic rings. The van der Waals surface area contributed by atoms with Gasteiger partial charge in [-0.15, -0.1) is 0 Å². The molecule has 2 N–H and O–H groups in total. The molecular weight excluding hydrogens is 518 g/mol. The minimum atomic E-state index is -0.311. The van der Waals surface area contributed by atoms with E-state index in [1.807, 2.05) is 37.3 Å². The lowest BCUT2D eigenvalue weighted by atomic mass is 9.92. The largest absolute Gasteiger partial charge is 0.489 e. The molecule has 2 aromatic carbocycles. The average molecular weight is 548 g/mol. The number of benzene rings is 2. The van der Waals surface area contributed by atoms with Gasteiger partial charge < -0.3 is 19.7 Å². The van der Waals surface area contributed by atoms with E-state index in [1.165, 1.54) is 7.11 Å². The summed E-state index contributed by atoms with van der Waals surface area (Å²) < 4.78 is 11.0. The lowest BCUT2D eigenvalue weighted by molar-refractivity contribution is -0.136. The fourth-order valence-corrected chi connectivity index (χ4v) is 5.61. The summed E-state index contributed by atoms with van der Waals surface area (Å²) in [4.78, 5) is 43.3. The molecule has 0 unspecified atom stereocenters. The predicted octanol–water partition coefficient (Wildman–Crippen LogP) is 3.03. The van der Waals surface area contributed by atoms with Crippen LogP contribution in [0.5, 0.6) is 5.75 Å². The topological polar surface area (TPSA) is 127 Å². The van der Waals surface area contributed by atoms with Gasteiger partial charge in [0.15, 0.2) is 0 Å². The smallest absolute Gasteiger partial charge is 0.322 e. The van der Waals surface area contributed by atoms with Crippen molar-refractivity contribution in [1.29, 1.82) is 0 Å². The third kappa shape index (κ3) is 6.15. The average Bonchev–Trinajstić information content (AvgIpc) is 3.38. The van der Waals surface area contributed by atoms with E-state index < -0.39 is 0 Å². The van der Waals surface area contributed by atoms with Gasteiger partial charge in [0, 0.05) is 48.4 Å². The predicted molar refractivity (Wildman–Crippen MR) is 147 cm³/mol. The van der Waals surface area contributed by atoms with Crippen molar-refractivity contribution in [1.82, 2.24) is 25.4 Å². The van der Waals surface area contributed by atoms with Crippen LogP contribution < -0.4 is 14.9 Å². The standard InChI is InChI=1S/C28H29N5O5S/c1-17-13-19(21-5-3-4-6-23(21)29-17)15-38-20-9-7-18(8-10-20)26(35)30-24-11-12-33(25(34)16-37-2)14-22(24)27-31-32-28(36)39-27/h3-10,13,22,24H,11-12,14-16H2,1-2H3,(H,30,35)(H,32,36)/t22-,24+/m0/s1. The first kappa shape index (κ1) is 26.5. The highest BCUT2D eigenvalue weighted by Crippen LogP contribution is 2.28. The molecule has 0 radical (unpaired) electrons. The van der Waals surface area contributed by atoms with Gasteiger partial charge in [0.25, 0.3) is 5.91 Å². The second kappa shape index (κ2) is 11.7. The van der Waals surface area contributed by atoms with Crippen molar-refractivity contribution >= 4 is 34.1 Å². The molecule has 2 amide bonds. The van der Waals surface area contributed by atoms with Crippen LogP contribution in [0, 0.1) is 6.92 Å². The number of amides is 2. The highest BCUT2D eigenvalue weighted by atomic mass is 32.1. The number of rotatable bonds is 8. The van der Waals surface area contributed by atoms with Gasteiger partial charge >= 0.3 is 4.87 Å². The Kier molecular flexibility index (Phi) is 7.99. The van der Waals surface area contributed by atoms with Crippen molar-refractivity contribution in [2.24, 2.45) is 0 Å². The van der Waals surface area contributed by atoms with Crippen LogP contribution in [0.25, 0.3) is 10.9 Å². The van der Waals surface area contributed by atoms with Crippen molar-refractivity contribution in [2.45, 2.75) is 31.9 Å². The number of methoxy groups -OCH3 is 1. The molecule has 2 atom stereocenters. The summed E-state index contributed by atoms with van der Waals surface area (Å²) in [7, 11) is 1.47. The first-order valence-electron chi connectivity index (χ1n) is 12.6. The molecule has 1 fully saturated rings. The Morgan fingerprint density at radius 1 is 1.18 bits per heavy atom. The molecule has 0 bridgehead atoms. The number of likely N-dealkylation sites (tertiary alicyclic amines) is 1. The maximum absolute atomic E-state index is 13.1.